The second-order valence-corrected chi connectivity index (χ2v) is 4.92. The first kappa shape index (κ1) is 11.9. The summed E-state index contributed by atoms with van der Waals surface area (Å²) in [6.07, 6.45) is 5.39. The Morgan fingerprint density at radius 3 is 2.56 bits per heavy atom. The predicted octanol–water partition coefficient (Wildman–Crippen LogP) is 0.894. The van der Waals surface area contributed by atoms with Crippen molar-refractivity contribution in [3.8, 4) is 0 Å². The van der Waals surface area contributed by atoms with Gasteiger partial charge in [0.15, 0.2) is 0 Å². The molecule has 0 radical (unpaired) electrons. The Hall–Kier alpha value is -0.610. The Balaban J connectivity index is 1.93. The standard InChI is InChI=1S/C12H22N2O2/c1-9-5-6-11(16-9)12(15)14(8-7-13)10-3-2-4-10/h9-11H,2-8,13H2,1H3. The molecule has 2 fully saturated rings. The third kappa shape index (κ3) is 2.38. The Morgan fingerprint density at radius 1 is 1.38 bits per heavy atom. The van der Waals surface area contributed by atoms with Crippen LogP contribution in [-0.4, -0.2) is 42.1 Å². The van der Waals surface area contributed by atoms with Gasteiger partial charge in [-0.1, -0.05) is 0 Å². The van der Waals surface area contributed by atoms with Gasteiger partial charge in [0.05, 0.1) is 6.10 Å². The summed E-state index contributed by atoms with van der Waals surface area (Å²) in [7, 11) is 0. The number of carbonyl (C=O) groups excluding carboxylic acids is 1. The molecule has 4 heteroatoms. The van der Waals surface area contributed by atoms with Crippen molar-refractivity contribution < 1.29 is 9.53 Å². The van der Waals surface area contributed by atoms with E-state index in [1.54, 1.807) is 0 Å². The van der Waals surface area contributed by atoms with E-state index in [9.17, 15) is 4.79 Å². The number of amides is 1. The van der Waals surface area contributed by atoms with E-state index in [0.717, 1.165) is 25.7 Å². The lowest BCUT2D eigenvalue weighted by Gasteiger charge is -2.38. The van der Waals surface area contributed by atoms with E-state index in [1.807, 2.05) is 11.8 Å². The Labute approximate surface area is 97.1 Å². The minimum Gasteiger partial charge on any atom is -0.365 e. The molecule has 1 saturated heterocycles. The van der Waals surface area contributed by atoms with Gasteiger partial charge in [0.25, 0.3) is 5.91 Å². The number of rotatable bonds is 4. The summed E-state index contributed by atoms with van der Waals surface area (Å²) in [5.74, 6) is 0.166. The van der Waals surface area contributed by atoms with E-state index in [-0.39, 0.29) is 18.1 Å². The van der Waals surface area contributed by atoms with E-state index < -0.39 is 0 Å². The molecule has 92 valence electrons. The summed E-state index contributed by atoms with van der Waals surface area (Å²) in [4.78, 5) is 14.2. The molecule has 1 aliphatic carbocycles. The van der Waals surface area contributed by atoms with Crippen molar-refractivity contribution in [3.63, 3.8) is 0 Å². The average Bonchev–Trinajstić information content (AvgIpc) is 2.60. The van der Waals surface area contributed by atoms with E-state index in [4.69, 9.17) is 10.5 Å². The number of nitrogens with zero attached hydrogens (tertiary/aromatic N) is 1. The van der Waals surface area contributed by atoms with Crippen molar-refractivity contribution >= 4 is 5.91 Å². The second-order valence-electron chi connectivity index (χ2n) is 4.92. The molecule has 16 heavy (non-hydrogen) atoms. The third-order valence-electron chi connectivity index (χ3n) is 3.68. The van der Waals surface area contributed by atoms with Crippen LogP contribution in [0.5, 0.6) is 0 Å². The van der Waals surface area contributed by atoms with Crippen LogP contribution in [-0.2, 0) is 9.53 Å². The van der Waals surface area contributed by atoms with E-state index in [2.05, 4.69) is 0 Å². The van der Waals surface area contributed by atoms with Crippen LogP contribution < -0.4 is 5.73 Å². The normalized spacial score (nSPS) is 30.1. The molecule has 2 atom stereocenters. The van der Waals surface area contributed by atoms with E-state index in [0.29, 0.717) is 19.1 Å². The molecule has 0 aromatic rings. The van der Waals surface area contributed by atoms with Crippen molar-refractivity contribution in [2.45, 2.75) is 57.3 Å². The smallest absolute Gasteiger partial charge is 0.252 e. The summed E-state index contributed by atoms with van der Waals surface area (Å²) in [6.45, 7) is 3.26. The SMILES string of the molecule is CC1CCC(C(=O)N(CCN)C2CCC2)O1. The molecular formula is C12H22N2O2. The Bertz CT molecular complexity index is 253. The Morgan fingerprint density at radius 2 is 2.12 bits per heavy atom. The van der Waals surface area contributed by atoms with Gasteiger partial charge in [-0.2, -0.15) is 0 Å². The summed E-state index contributed by atoms with van der Waals surface area (Å²) < 4.78 is 5.64. The van der Waals surface area contributed by atoms with Crippen molar-refractivity contribution in [1.82, 2.24) is 4.90 Å². The summed E-state index contributed by atoms with van der Waals surface area (Å²) in [5.41, 5.74) is 5.58. The lowest BCUT2D eigenvalue weighted by atomic mass is 9.91. The molecular weight excluding hydrogens is 204 g/mol. The molecule has 1 amide bonds. The maximum atomic E-state index is 12.3. The first-order valence-electron chi connectivity index (χ1n) is 6.38. The molecule has 4 nitrogen and oxygen atoms in total. The summed E-state index contributed by atoms with van der Waals surface area (Å²) in [5, 5.41) is 0. The van der Waals surface area contributed by atoms with Crippen LogP contribution in [0.25, 0.3) is 0 Å². The fourth-order valence-electron chi connectivity index (χ4n) is 2.48. The Kier molecular flexibility index (Phi) is 3.82. The average molecular weight is 226 g/mol. The van der Waals surface area contributed by atoms with Crippen LogP contribution >= 0.6 is 0 Å². The lowest BCUT2D eigenvalue weighted by Crippen LogP contribution is -2.50. The number of nitrogens with two attached hydrogens (primary N) is 1. The number of hydrogen-bond acceptors (Lipinski definition) is 3. The monoisotopic (exact) mass is 226 g/mol. The largest absolute Gasteiger partial charge is 0.365 e. The van der Waals surface area contributed by atoms with Crippen molar-refractivity contribution in [1.29, 1.82) is 0 Å². The van der Waals surface area contributed by atoms with Crippen molar-refractivity contribution in [2.75, 3.05) is 13.1 Å². The number of hydrogen-bond donors (Lipinski definition) is 1. The van der Waals surface area contributed by atoms with Gasteiger partial charge < -0.3 is 15.4 Å². The quantitative estimate of drug-likeness (QED) is 0.774. The number of ether oxygens (including phenoxy) is 1. The topological polar surface area (TPSA) is 55.6 Å². The van der Waals surface area contributed by atoms with Crippen molar-refractivity contribution in [2.24, 2.45) is 5.73 Å². The fraction of sp³-hybridized carbons (Fsp3) is 0.917. The summed E-state index contributed by atoms with van der Waals surface area (Å²) in [6, 6.07) is 0.426. The van der Waals surface area contributed by atoms with Gasteiger partial charge in [0.2, 0.25) is 0 Å². The second kappa shape index (κ2) is 5.15. The van der Waals surface area contributed by atoms with E-state index >= 15 is 0 Å². The first-order valence-corrected chi connectivity index (χ1v) is 6.38. The van der Waals surface area contributed by atoms with E-state index in [1.165, 1.54) is 6.42 Å². The maximum Gasteiger partial charge on any atom is 0.252 e. The van der Waals surface area contributed by atoms with Gasteiger partial charge in [0.1, 0.15) is 6.10 Å². The third-order valence-corrected chi connectivity index (χ3v) is 3.68. The highest BCUT2D eigenvalue weighted by Gasteiger charge is 2.35. The van der Waals surface area contributed by atoms with Crippen LogP contribution in [0, 0.1) is 0 Å². The van der Waals surface area contributed by atoms with Crippen molar-refractivity contribution in [3.05, 3.63) is 0 Å². The minimum absolute atomic E-state index is 0.166. The number of carbonyl (C=O) groups is 1. The molecule has 2 N–H and O–H groups in total. The highest BCUT2D eigenvalue weighted by atomic mass is 16.5. The molecule has 0 spiro atoms. The summed E-state index contributed by atoms with van der Waals surface area (Å²) >= 11 is 0. The zero-order valence-corrected chi connectivity index (χ0v) is 10.0. The highest BCUT2D eigenvalue weighted by molar-refractivity contribution is 5.81. The molecule has 1 heterocycles. The van der Waals surface area contributed by atoms with Gasteiger partial charge in [0, 0.05) is 19.1 Å². The minimum atomic E-state index is -0.206. The van der Waals surface area contributed by atoms with Gasteiger partial charge in [-0.25, -0.2) is 0 Å². The molecule has 0 aromatic heterocycles. The molecule has 2 aliphatic rings. The fourth-order valence-corrected chi connectivity index (χ4v) is 2.48. The van der Waals surface area contributed by atoms with Gasteiger partial charge >= 0.3 is 0 Å². The maximum absolute atomic E-state index is 12.3. The zero-order chi connectivity index (χ0) is 11.5. The van der Waals surface area contributed by atoms with Gasteiger partial charge in [-0.3, -0.25) is 4.79 Å². The van der Waals surface area contributed by atoms with Crippen LogP contribution in [0.1, 0.15) is 39.0 Å². The van der Waals surface area contributed by atoms with Crippen LogP contribution in [0.15, 0.2) is 0 Å². The van der Waals surface area contributed by atoms with Gasteiger partial charge in [-0.05, 0) is 39.0 Å². The first-order chi connectivity index (χ1) is 7.72. The zero-order valence-electron chi connectivity index (χ0n) is 10.0. The molecule has 0 aromatic carbocycles. The van der Waals surface area contributed by atoms with Crippen LogP contribution in [0.4, 0.5) is 0 Å². The molecule has 0 bridgehead atoms. The van der Waals surface area contributed by atoms with Crippen LogP contribution in [0.3, 0.4) is 0 Å². The molecule has 2 rings (SSSR count). The molecule has 1 saturated carbocycles. The molecule has 1 aliphatic heterocycles. The molecule has 2 unspecified atom stereocenters. The lowest BCUT2D eigenvalue weighted by molar-refractivity contribution is -0.146. The predicted molar refractivity (Wildman–Crippen MR) is 62.0 cm³/mol. The van der Waals surface area contributed by atoms with Crippen LogP contribution in [0.2, 0.25) is 0 Å². The highest BCUT2D eigenvalue weighted by Crippen LogP contribution is 2.28. The van der Waals surface area contributed by atoms with Gasteiger partial charge in [-0.15, -0.1) is 0 Å².